The third-order valence-corrected chi connectivity index (χ3v) is 2.28. The molecule has 0 radical (unpaired) electrons. The van der Waals surface area contributed by atoms with Crippen molar-refractivity contribution in [3.05, 3.63) is 0 Å². The predicted molar refractivity (Wildman–Crippen MR) is 68.3 cm³/mol. The molecule has 0 amide bonds. The van der Waals surface area contributed by atoms with E-state index in [1.54, 1.807) is 0 Å². The fraction of sp³-hybridized carbons (Fsp3) is 1.00. The van der Waals surface area contributed by atoms with E-state index in [4.69, 9.17) is 9.47 Å². The zero-order chi connectivity index (χ0) is 14.4. The van der Waals surface area contributed by atoms with E-state index < -0.39 is 6.29 Å². The van der Waals surface area contributed by atoms with Crippen LogP contribution in [0.4, 0.5) is 8.78 Å². The predicted octanol–water partition coefficient (Wildman–Crippen LogP) is 3.20. The van der Waals surface area contributed by atoms with E-state index in [9.17, 15) is 8.78 Å². The molecule has 0 aliphatic heterocycles. The summed E-state index contributed by atoms with van der Waals surface area (Å²) in [5.41, 5.74) is 0. The average Bonchev–Trinajstić information content (AvgIpc) is 2.38. The first kappa shape index (κ1) is 18.7. The summed E-state index contributed by atoms with van der Waals surface area (Å²) in [6, 6.07) is 0. The van der Waals surface area contributed by atoms with Gasteiger partial charge < -0.3 is 9.47 Å². The fourth-order valence-corrected chi connectivity index (χ4v) is 1.18. The molecule has 6 heteroatoms. The lowest BCUT2D eigenvalue weighted by Gasteiger charge is -2.16. The molecule has 0 aromatic carbocycles. The fourth-order valence-electron chi connectivity index (χ4n) is 1.18. The molecule has 0 N–H and O–H groups in total. The second-order valence-electron chi connectivity index (χ2n) is 4.09. The van der Waals surface area contributed by atoms with Crippen molar-refractivity contribution in [2.24, 2.45) is 0 Å². The molecule has 19 heavy (non-hydrogen) atoms. The largest absolute Gasteiger partial charge is 0.485 e. The van der Waals surface area contributed by atoms with Crippen molar-refractivity contribution >= 4 is 0 Å². The van der Waals surface area contributed by atoms with Crippen LogP contribution < -0.4 is 0 Å². The molecule has 0 spiro atoms. The quantitative estimate of drug-likeness (QED) is 0.362. The van der Waals surface area contributed by atoms with E-state index in [0.717, 1.165) is 25.7 Å². The number of alkyl halides is 2. The second-order valence-corrected chi connectivity index (χ2v) is 4.09. The summed E-state index contributed by atoms with van der Waals surface area (Å²) >= 11 is 0. The van der Waals surface area contributed by atoms with Crippen molar-refractivity contribution in [2.75, 3.05) is 39.6 Å². The summed E-state index contributed by atoms with van der Waals surface area (Å²) < 4.78 is 44.8. The van der Waals surface area contributed by atoms with Gasteiger partial charge in [0, 0.05) is 13.2 Å². The van der Waals surface area contributed by atoms with Crippen LogP contribution in [0.3, 0.4) is 0 Å². The van der Waals surface area contributed by atoms with Gasteiger partial charge in [-0.3, -0.25) is 9.47 Å². The van der Waals surface area contributed by atoms with Gasteiger partial charge in [-0.1, -0.05) is 26.7 Å². The highest BCUT2D eigenvalue weighted by atomic mass is 19.3. The van der Waals surface area contributed by atoms with Crippen LogP contribution in [0.25, 0.3) is 0 Å². The molecule has 0 aliphatic rings. The highest BCUT2D eigenvalue weighted by molar-refractivity contribution is 4.39. The Balaban J connectivity index is 3.36. The van der Waals surface area contributed by atoms with Crippen molar-refractivity contribution in [3.8, 4) is 0 Å². The van der Waals surface area contributed by atoms with Gasteiger partial charge in [0.1, 0.15) is 0 Å². The van der Waals surface area contributed by atoms with Crippen LogP contribution in [0.5, 0.6) is 0 Å². The van der Waals surface area contributed by atoms with E-state index in [1.165, 1.54) is 0 Å². The Morgan fingerprint density at radius 2 is 1.11 bits per heavy atom. The summed E-state index contributed by atoms with van der Waals surface area (Å²) in [5, 5.41) is 0. The van der Waals surface area contributed by atoms with Crippen molar-refractivity contribution < 1.29 is 27.7 Å². The van der Waals surface area contributed by atoms with Crippen molar-refractivity contribution in [1.29, 1.82) is 0 Å². The van der Waals surface area contributed by atoms with Gasteiger partial charge in [-0.15, -0.1) is 8.78 Å². The van der Waals surface area contributed by atoms with Crippen LogP contribution in [-0.4, -0.2) is 45.9 Å². The van der Waals surface area contributed by atoms with Crippen LogP contribution in [0.15, 0.2) is 0 Å². The molecule has 0 rings (SSSR count). The summed E-state index contributed by atoms with van der Waals surface area (Å²) in [6.07, 6.45) is 0.294. The summed E-state index contributed by atoms with van der Waals surface area (Å²) in [6.45, 7) is 5.11. The van der Waals surface area contributed by atoms with Gasteiger partial charge in [0.15, 0.2) is 0 Å². The minimum absolute atomic E-state index is 0.145. The number of rotatable bonds is 14. The van der Waals surface area contributed by atoms with Crippen molar-refractivity contribution in [3.63, 3.8) is 0 Å². The Kier molecular flexibility index (Phi) is 12.5. The Hall–Kier alpha value is -0.300. The van der Waals surface area contributed by atoms with Crippen LogP contribution in [0.1, 0.15) is 39.5 Å². The maximum Gasteiger partial charge on any atom is 0.485 e. The highest BCUT2D eigenvalue weighted by Gasteiger charge is 2.31. The summed E-state index contributed by atoms with van der Waals surface area (Å²) in [4.78, 5) is 0. The Bertz CT molecular complexity index is 173. The zero-order valence-corrected chi connectivity index (χ0v) is 12.0. The van der Waals surface area contributed by atoms with E-state index in [-0.39, 0.29) is 26.4 Å². The Morgan fingerprint density at radius 1 is 0.684 bits per heavy atom. The third-order valence-electron chi connectivity index (χ3n) is 2.28. The lowest BCUT2D eigenvalue weighted by molar-refractivity contribution is -0.395. The van der Waals surface area contributed by atoms with E-state index in [0.29, 0.717) is 13.2 Å². The molecular weight excluding hydrogens is 258 g/mol. The van der Waals surface area contributed by atoms with Gasteiger partial charge in [-0.2, -0.15) is 0 Å². The molecule has 0 aromatic rings. The van der Waals surface area contributed by atoms with Gasteiger partial charge in [0.25, 0.3) is 0 Å². The van der Waals surface area contributed by atoms with Crippen molar-refractivity contribution in [2.45, 2.75) is 45.8 Å². The number of halogens is 2. The Labute approximate surface area is 114 Å². The monoisotopic (exact) mass is 284 g/mol. The van der Waals surface area contributed by atoms with E-state index >= 15 is 0 Å². The maximum absolute atomic E-state index is 13.0. The molecule has 0 atom stereocenters. The molecule has 0 fully saturated rings. The summed E-state index contributed by atoms with van der Waals surface area (Å²) in [5.74, 6) is 0. The average molecular weight is 284 g/mol. The van der Waals surface area contributed by atoms with Gasteiger partial charge in [0.2, 0.25) is 0 Å². The second kappa shape index (κ2) is 12.7. The van der Waals surface area contributed by atoms with Crippen LogP contribution in [0.2, 0.25) is 0 Å². The maximum atomic E-state index is 13.0. The van der Waals surface area contributed by atoms with Gasteiger partial charge in [-0.25, -0.2) is 0 Å². The molecule has 0 saturated heterocycles. The molecular formula is C13H26F2O4. The minimum Gasteiger partial charge on any atom is -0.379 e. The first-order valence-electron chi connectivity index (χ1n) is 6.93. The number of hydrogen-bond donors (Lipinski definition) is 0. The smallest absolute Gasteiger partial charge is 0.379 e. The van der Waals surface area contributed by atoms with Crippen LogP contribution in [-0.2, 0) is 18.9 Å². The van der Waals surface area contributed by atoms with E-state index in [1.807, 2.05) is 13.8 Å². The van der Waals surface area contributed by atoms with Gasteiger partial charge >= 0.3 is 6.29 Å². The Morgan fingerprint density at radius 3 is 1.47 bits per heavy atom. The molecule has 0 aliphatic carbocycles. The summed E-state index contributed by atoms with van der Waals surface area (Å²) in [7, 11) is 0. The normalized spacial score (nSPS) is 12.0. The standard InChI is InChI=1S/C13H26F2O4/c1-3-5-7-16-9-11-18-13(14,15)19-12-10-17-8-6-4-2/h3-12H2,1-2H3. The first-order chi connectivity index (χ1) is 9.12. The van der Waals surface area contributed by atoms with Crippen molar-refractivity contribution in [1.82, 2.24) is 0 Å². The minimum atomic E-state index is -3.57. The highest BCUT2D eigenvalue weighted by Crippen LogP contribution is 2.16. The van der Waals surface area contributed by atoms with E-state index in [2.05, 4.69) is 9.47 Å². The molecule has 0 saturated carbocycles. The third kappa shape index (κ3) is 13.9. The number of unbranched alkanes of at least 4 members (excludes halogenated alkanes) is 2. The lowest BCUT2D eigenvalue weighted by atomic mass is 10.4. The molecule has 4 nitrogen and oxygen atoms in total. The van der Waals surface area contributed by atoms with Gasteiger partial charge in [0.05, 0.1) is 26.4 Å². The zero-order valence-electron chi connectivity index (χ0n) is 12.0. The molecule has 0 aromatic heterocycles. The number of ether oxygens (including phenoxy) is 4. The lowest BCUT2D eigenvalue weighted by Crippen LogP contribution is -2.28. The first-order valence-corrected chi connectivity index (χ1v) is 6.93. The molecule has 0 unspecified atom stereocenters. The molecule has 116 valence electrons. The van der Waals surface area contributed by atoms with Crippen LogP contribution >= 0.6 is 0 Å². The molecule has 0 heterocycles. The van der Waals surface area contributed by atoms with Crippen LogP contribution in [0, 0.1) is 0 Å². The molecule has 0 bridgehead atoms. The van der Waals surface area contributed by atoms with Gasteiger partial charge in [-0.05, 0) is 12.8 Å². The SMILES string of the molecule is CCCCOCCOC(F)(F)OCCOCCCC. The topological polar surface area (TPSA) is 36.9 Å². The number of hydrogen-bond acceptors (Lipinski definition) is 4.